The number of anilines is 1. The van der Waals surface area contributed by atoms with Crippen molar-refractivity contribution in [2.75, 3.05) is 12.3 Å². The Bertz CT molecular complexity index is 799. The third-order valence-corrected chi connectivity index (χ3v) is 3.76. The van der Waals surface area contributed by atoms with Crippen molar-refractivity contribution in [1.82, 2.24) is 19.5 Å². The van der Waals surface area contributed by atoms with E-state index < -0.39 is 30.6 Å². The van der Waals surface area contributed by atoms with Gasteiger partial charge in [-0.25, -0.2) is 15.0 Å². The Morgan fingerprint density at radius 1 is 1.57 bits per heavy atom. The Balaban J connectivity index is 2.15. The van der Waals surface area contributed by atoms with Gasteiger partial charge in [0, 0.05) is 4.91 Å². The Hall–Kier alpha value is -2.50. The third kappa shape index (κ3) is 2.25. The molecule has 12 heteroatoms. The van der Waals surface area contributed by atoms with Crippen molar-refractivity contribution < 1.29 is 20.1 Å². The molecule has 23 heavy (non-hydrogen) atoms. The smallest absolute Gasteiger partial charge is 0.220 e. The van der Waals surface area contributed by atoms with Crippen LogP contribution in [0.3, 0.4) is 0 Å². The molecule has 0 radical (unpaired) electrons. The van der Waals surface area contributed by atoms with Crippen molar-refractivity contribution in [1.29, 1.82) is 0 Å². The number of fused-ring (bicyclic) bond motifs is 1. The van der Waals surface area contributed by atoms with Crippen LogP contribution in [0.15, 0.2) is 11.4 Å². The molecule has 3 heterocycles. The van der Waals surface area contributed by atoms with Crippen LogP contribution in [0.1, 0.15) is 13.2 Å². The number of imidazole rings is 1. The maximum Gasteiger partial charge on any atom is 0.220 e. The van der Waals surface area contributed by atoms with E-state index in [1.165, 1.54) is 17.8 Å². The zero-order valence-corrected chi connectivity index (χ0v) is 12.0. The summed E-state index contributed by atoms with van der Waals surface area (Å²) < 4.78 is 6.83. The van der Waals surface area contributed by atoms with Gasteiger partial charge in [0.15, 0.2) is 17.7 Å². The van der Waals surface area contributed by atoms with Crippen LogP contribution in [0.25, 0.3) is 21.6 Å². The van der Waals surface area contributed by atoms with Crippen LogP contribution >= 0.6 is 0 Å². The molecule has 2 aromatic heterocycles. The first kappa shape index (κ1) is 15.4. The number of aliphatic hydroxyl groups is 3. The van der Waals surface area contributed by atoms with E-state index in [0.29, 0.717) is 0 Å². The van der Waals surface area contributed by atoms with Gasteiger partial charge >= 0.3 is 0 Å². The van der Waals surface area contributed by atoms with Crippen molar-refractivity contribution >= 4 is 22.9 Å². The first-order valence-electron chi connectivity index (χ1n) is 6.62. The van der Waals surface area contributed by atoms with E-state index >= 15 is 0 Å². The summed E-state index contributed by atoms with van der Waals surface area (Å²) in [4.78, 5) is 14.5. The third-order valence-electron chi connectivity index (χ3n) is 3.76. The molecule has 0 spiro atoms. The number of azide groups is 1. The summed E-state index contributed by atoms with van der Waals surface area (Å²) in [5.41, 5.74) is 12.9. The summed E-state index contributed by atoms with van der Waals surface area (Å²) in [5.74, 6) is -0.218. The summed E-state index contributed by atoms with van der Waals surface area (Å²) in [6.07, 6.45) is -2.05. The molecule has 122 valence electrons. The minimum Gasteiger partial charge on any atom is -0.394 e. The lowest BCUT2D eigenvalue weighted by Gasteiger charge is -2.27. The lowest BCUT2D eigenvalue weighted by molar-refractivity contribution is -0.0950. The van der Waals surface area contributed by atoms with Gasteiger partial charge in [-0.3, -0.25) is 4.57 Å². The largest absolute Gasteiger partial charge is 0.394 e. The van der Waals surface area contributed by atoms with Gasteiger partial charge in [0.25, 0.3) is 0 Å². The zero-order valence-electron chi connectivity index (χ0n) is 12.0. The Kier molecular flexibility index (Phi) is 3.55. The molecule has 0 aromatic carbocycles. The molecule has 0 bridgehead atoms. The maximum atomic E-state index is 10.5. The number of nitrogens with zero attached hydrogens (tertiary/aromatic N) is 7. The van der Waals surface area contributed by atoms with Crippen LogP contribution < -0.4 is 5.73 Å². The number of ether oxygens (including phenoxy) is 1. The SMILES string of the molecule is C[C@@]1(O)[C@H](O)[C@@H](CO)O[C@H]1n1cnc2c(N)nc(N=[N+]=[N-])nc21. The lowest BCUT2D eigenvalue weighted by atomic mass is 9.96. The summed E-state index contributed by atoms with van der Waals surface area (Å²) in [6.45, 7) is 0.893. The molecular weight excluding hydrogens is 308 g/mol. The van der Waals surface area contributed by atoms with Crippen molar-refractivity contribution in [2.45, 2.75) is 31.0 Å². The summed E-state index contributed by atoms with van der Waals surface area (Å²) in [7, 11) is 0. The van der Waals surface area contributed by atoms with E-state index in [1.54, 1.807) is 0 Å². The fourth-order valence-corrected chi connectivity index (χ4v) is 2.57. The topological polar surface area (TPSA) is 188 Å². The maximum absolute atomic E-state index is 10.5. The van der Waals surface area contributed by atoms with Crippen molar-refractivity contribution in [2.24, 2.45) is 5.11 Å². The quantitative estimate of drug-likeness (QED) is 0.325. The predicted octanol–water partition coefficient (Wildman–Crippen LogP) is -0.648. The standard InChI is InChI=1S/C11H14N8O4/c1-11(22)6(21)4(2-20)23-9(11)19-3-14-5-7(12)15-10(17-18-13)16-8(5)19/h3-4,6,9,20-22H,2H2,1H3,(H2,12,15,16)/t4-,6-,9-,11-/m1/s1. The average Bonchev–Trinajstić information content (AvgIpc) is 3.00. The average molecular weight is 322 g/mol. The number of aromatic nitrogens is 4. The molecule has 4 atom stereocenters. The molecule has 0 aliphatic carbocycles. The number of hydrogen-bond acceptors (Lipinski definition) is 9. The van der Waals surface area contributed by atoms with Gasteiger partial charge < -0.3 is 25.8 Å². The number of aliphatic hydroxyl groups excluding tert-OH is 2. The van der Waals surface area contributed by atoms with Gasteiger partial charge in [-0.2, -0.15) is 0 Å². The van der Waals surface area contributed by atoms with Crippen LogP contribution in [0.4, 0.5) is 11.8 Å². The normalized spacial score (nSPS) is 30.5. The molecule has 1 aliphatic heterocycles. The molecular formula is C11H14N8O4. The fraction of sp³-hybridized carbons (Fsp3) is 0.545. The minimum absolute atomic E-state index is 0.00644. The molecule has 5 N–H and O–H groups in total. The molecule has 12 nitrogen and oxygen atoms in total. The summed E-state index contributed by atoms with van der Waals surface area (Å²) >= 11 is 0. The van der Waals surface area contributed by atoms with E-state index in [-0.39, 0.29) is 22.9 Å². The summed E-state index contributed by atoms with van der Waals surface area (Å²) in [5, 5.41) is 33.1. The highest BCUT2D eigenvalue weighted by atomic mass is 16.6. The van der Waals surface area contributed by atoms with Crippen molar-refractivity contribution in [3.8, 4) is 0 Å². The van der Waals surface area contributed by atoms with Crippen LogP contribution in [-0.2, 0) is 4.74 Å². The monoisotopic (exact) mass is 322 g/mol. The van der Waals surface area contributed by atoms with Gasteiger partial charge in [-0.15, -0.1) is 0 Å². The Morgan fingerprint density at radius 2 is 2.30 bits per heavy atom. The van der Waals surface area contributed by atoms with Gasteiger partial charge in [-0.1, -0.05) is 0 Å². The molecule has 2 aromatic rings. The number of nitrogen functional groups attached to an aromatic ring is 1. The second-order valence-corrected chi connectivity index (χ2v) is 5.30. The Labute approximate surface area is 128 Å². The van der Waals surface area contributed by atoms with E-state index in [2.05, 4.69) is 25.0 Å². The number of nitrogens with two attached hydrogens (primary N) is 1. The second kappa shape index (κ2) is 5.30. The van der Waals surface area contributed by atoms with E-state index in [9.17, 15) is 15.3 Å². The van der Waals surface area contributed by atoms with Crippen LogP contribution in [0, 0.1) is 0 Å². The van der Waals surface area contributed by atoms with Crippen molar-refractivity contribution in [3.63, 3.8) is 0 Å². The molecule has 0 unspecified atom stereocenters. The highest BCUT2D eigenvalue weighted by Crippen LogP contribution is 2.39. The minimum atomic E-state index is -1.71. The van der Waals surface area contributed by atoms with E-state index in [0.717, 1.165) is 0 Å². The van der Waals surface area contributed by atoms with E-state index in [4.69, 9.17) is 16.0 Å². The number of rotatable bonds is 3. The van der Waals surface area contributed by atoms with Crippen molar-refractivity contribution in [3.05, 3.63) is 16.8 Å². The predicted molar refractivity (Wildman–Crippen MR) is 76.2 cm³/mol. The lowest BCUT2D eigenvalue weighted by Crippen LogP contribution is -2.44. The van der Waals surface area contributed by atoms with E-state index in [1.807, 2.05) is 0 Å². The molecule has 3 rings (SSSR count). The molecule has 0 saturated carbocycles. The second-order valence-electron chi connectivity index (χ2n) is 5.30. The molecule has 0 amide bonds. The molecule has 1 fully saturated rings. The van der Waals surface area contributed by atoms with Gasteiger partial charge in [0.05, 0.1) is 12.9 Å². The summed E-state index contributed by atoms with van der Waals surface area (Å²) in [6, 6.07) is 0. The highest BCUT2D eigenvalue weighted by Gasteiger charge is 2.53. The first-order chi connectivity index (χ1) is 10.9. The first-order valence-corrected chi connectivity index (χ1v) is 6.62. The van der Waals surface area contributed by atoms with Crippen LogP contribution in [-0.4, -0.2) is 59.3 Å². The highest BCUT2D eigenvalue weighted by molar-refractivity contribution is 5.82. The van der Waals surface area contributed by atoms with Crippen LogP contribution in [0.2, 0.25) is 0 Å². The zero-order chi connectivity index (χ0) is 16.8. The van der Waals surface area contributed by atoms with Gasteiger partial charge in [0.2, 0.25) is 5.95 Å². The number of hydrogen-bond donors (Lipinski definition) is 4. The molecule has 1 aliphatic rings. The van der Waals surface area contributed by atoms with Crippen LogP contribution in [0.5, 0.6) is 0 Å². The van der Waals surface area contributed by atoms with Gasteiger partial charge in [-0.05, 0) is 17.6 Å². The Morgan fingerprint density at radius 3 is 2.91 bits per heavy atom. The molecule has 1 saturated heterocycles. The fourth-order valence-electron chi connectivity index (χ4n) is 2.57. The van der Waals surface area contributed by atoms with Gasteiger partial charge in [0.1, 0.15) is 23.3 Å².